The van der Waals surface area contributed by atoms with Crippen molar-refractivity contribution < 1.29 is 9.59 Å². The van der Waals surface area contributed by atoms with Crippen LogP contribution in [0.3, 0.4) is 0 Å². The van der Waals surface area contributed by atoms with E-state index in [9.17, 15) is 9.59 Å². The quantitative estimate of drug-likeness (QED) is 0.694. The zero-order valence-corrected chi connectivity index (χ0v) is 17.5. The molecule has 152 valence electrons. The fourth-order valence-corrected chi connectivity index (χ4v) is 3.02. The number of carbonyl (C=O) groups excluding carboxylic acids is 2. The van der Waals surface area contributed by atoms with E-state index in [2.05, 4.69) is 15.6 Å². The number of fused-ring (bicyclic) bond motifs is 1. The maximum Gasteiger partial charge on any atom is 0.321 e. The zero-order chi connectivity index (χ0) is 21.1. The van der Waals surface area contributed by atoms with Gasteiger partial charge in [0.1, 0.15) is 5.82 Å². The molecule has 0 aliphatic heterocycles. The van der Waals surface area contributed by atoms with Gasteiger partial charge in [0, 0.05) is 31.4 Å². The van der Waals surface area contributed by atoms with Crippen molar-refractivity contribution in [1.82, 2.24) is 19.8 Å². The number of urea groups is 1. The van der Waals surface area contributed by atoms with E-state index in [-0.39, 0.29) is 18.0 Å². The van der Waals surface area contributed by atoms with Gasteiger partial charge >= 0.3 is 6.03 Å². The lowest BCUT2D eigenvalue weighted by Crippen LogP contribution is -2.31. The van der Waals surface area contributed by atoms with Crippen molar-refractivity contribution >= 4 is 28.7 Å². The Morgan fingerprint density at radius 2 is 1.83 bits per heavy atom. The summed E-state index contributed by atoms with van der Waals surface area (Å²) in [6.07, 6.45) is 0. The summed E-state index contributed by atoms with van der Waals surface area (Å²) < 4.78 is 1.94. The second-order valence-corrected chi connectivity index (χ2v) is 7.57. The van der Waals surface area contributed by atoms with E-state index in [1.54, 1.807) is 24.1 Å². The average Bonchev–Trinajstić information content (AvgIpc) is 2.98. The molecule has 1 aromatic heterocycles. The van der Waals surface area contributed by atoms with Gasteiger partial charge in [-0.25, -0.2) is 9.78 Å². The molecular formula is C22H27N5O2. The van der Waals surface area contributed by atoms with Crippen LogP contribution in [0.2, 0.25) is 0 Å². The van der Waals surface area contributed by atoms with E-state index in [1.165, 1.54) is 0 Å². The Balaban J connectivity index is 1.75. The van der Waals surface area contributed by atoms with Gasteiger partial charge in [0.2, 0.25) is 0 Å². The number of aromatic nitrogens is 2. The van der Waals surface area contributed by atoms with E-state index >= 15 is 0 Å². The van der Waals surface area contributed by atoms with Crippen molar-refractivity contribution in [3.8, 4) is 0 Å². The molecule has 0 unspecified atom stereocenters. The van der Waals surface area contributed by atoms with Crippen LogP contribution in [0.5, 0.6) is 0 Å². The Kier molecular flexibility index (Phi) is 5.87. The first kappa shape index (κ1) is 20.4. The van der Waals surface area contributed by atoms with E-state index in [1.807, 2.05) is 62.7 Å². The Bertz CT molecular complexity index is 1040. The lowest BCUT2D eigenvalue weighted by Gasteiger charge is -2.17. The molecule has 7 nitrogen and oxygen atoms in total. The molecule has 2 aromatic carbocycles. The number of aryl methyl sites for hydroxylation is 2. The van der Waals surface area contributed by atoms with Crippen LogP contribution in [-0.2, 0) is 13.6 Å². The fraction of sp³-hybridized carbons (Fsp3) is 0.318. The third-order valence-electron chi connectivity index (χ3n) is 4.68. The lowest BCUT2D eigenvalue weighted by molar-refractivity contribution is 0.0943. The number of nitrogens with zero attached hydrogens (tertiary/aromatic N) is 3. The monoisotopic (exact) mass is 393 g/mol. The second kappa shape index (κ2) is 8.34. The number of benzene rings is 2. The van der Waals surface area contributed by atoms with Crippen molar-refractivity contribution in [2.75, 3.05) is 12.4 Å². The summed E-state index contributed by atoms with van der Waals surface area (Å²) in [6, 6.07) is 13.0. The summed E-state index contributed by atoms with van der Waals surface area (Å²) >= 11 is 0. The van der Waals surface area contributed by atoms with Crippen LogP contribution in [0.1, 0.15) is 35.6 Å². The average molecular weight is 393 g/mol. The van der Waals surface area contributed by atoms with Gasteiger partial charge in [0.15, 0.2) is 0 Å². The van der Waals surface area contributed by atoms with Gasteiger partial charge in [-0.1, -0.05) is 17.7 Å². The fourth-order valence-electron chi connectivity index (χ4n) is 3.02. The minimum Gasteiger partial charge on any atom is -0.350 e. The van der Waals surface area contributed by atoms with Gasteiger partial charge in [0.25, 0.3) is 5.91 Å². The summed E-state index contributed by atoms with van der Waals surface area (Å²) in [5.74, 6) is 0.617. The largest absolute Gasteiger partial charge is 0.350 e. The van der Waals surface area contributed by atoms with Gasteiger partial charge in [-0.3, -0.25) is 4.79 Å². The third kappa shape index (κ3) is 4.74. The molecule has 0 fully saturated rings. The van der Waals surface area contributed by atoms with Gasteiger partial charge in [-0.2, -0.15) is 0 Å². The maximum absolute atomic E-state index is 12.5. The van der Waals surface area contributed by atoms with Gasteiger partial charge < -0.3 is 20.1 Å². The number of rotatable bonds is 5. The first-order valence-corrected chi connectivity index (χ1v) is 9.59. The van der Waals surface area contributed by atoms with Gasteiger partial charge in [-0.05, 0) is 51.1 Å². The molecule has 0 radical (unpaired) electrons. The molecule has 3 aromatic rings. The predicted octanol–water partition coefficient (Wildman–Crippen LogP) is 3.68. The molecule has 29 heavy (non-hydrogen) atoms. The molecule has 0 spiro atoms. The predicted molar refractivity (Wildman–Crippen MR) is 115 cm³/mol. The van der Waals surface area contributed by atoms with Crippen molar-refractivity contribution in [1.29, 1.82) is 0 Å². The van der Waals surface area contributed by atoms with Crippen molar-refractivity contribution in [2.45, 2.75) is 33.4 Å². The van der Waals surface area contributed by atoms with Crippen molar-refractivity contribution in [2.24, 2.45) is 7.05 Å². The number of hydrogen-bond acceptors (Lipinski definition) is 3. The van der Waals surface area contributed by atoms with Gasteiger partial charge in [0.05, 0.1) is 17.6 Å². The summed E-state index contributed by atoms with van der Waals surface area (Å²) in [4.78, 5) is 31.0. The van der Waals surface area contributed by atoms with Crippen LogP contribution in [0, 0.1) is 6.92 Å². The highest BCUT2D eigenvalue weighted by molar-refractivity contribution is 5.97. The highest BCUT2D eigenvalue weighted by Crippen LogP contribution is 2.18. The van der Waals surface area contributed by atoms with E-state index in [0.29, 0.717) is 12.1 Å². The number of carbonyl (C=O) groups is 2. The standard InChI is InChI=1S/C22H27N5O2/c1-14(2)23-21(28)16-8-11-19-18(12-16)25-20(27(19)5)13-26(4)22(29)24-17-9-6-15(3)7-10-17/h6-12,14H,13H2,1-5H3,(H,23,28)(H,24,29). The number of nitrogens with one attached hydrogen (secondary N) is 2. The van der Waals surface area contributed by atoms with Crippen molar-refractivity contribution in [3.63, 3.8) is 0 Å². The first-order chi connectivity index (χ1) is 13.7. The molecule has 3 amide bonds. The van der Waals surface area contributed by atoms with E-state index in [4.69, 9.17) is 0 Å². The molecule has 2 N–H and O–H groups in total. The first-order valence-electron chi connectivity index (χ1n) is 9.59. The molecule has 1 heterocycles. The Morgan fingerprint density at radius 1 is 1.14 bits per heavy atom. The minimum absolute atomic E-state index is 0.0678. The molecule has 0 aliphatic rings. The summed E-state index contributed by atoms with van der Waals surface area (Å²) in [5.41, 5.74) is 4.09. The Hall–Kier alpha value is -3.35. The number of imidazole rings is 1. The minimum atomic E-state index is -0.210. The van der Waals surface area contributed by atoms with Crippen LogP contribution in [0.15, 0.2) is 42.5 Å². The highest BCUT2D eigenvalue weighted by atomic mass is 16.2. The number of hydrogen-bond donors (Lipinski definition) is 2. The van der Waals surface area contributed by atoms with Crippen LogP contribution in [0.4, 0.5) is 10.5 Å². The van der Waals surface area contributed by atoms with Crippen LogP contribution in [-0.4, -0.2) is 39.5 Å². The topological polar surface area (TPSA) is 79.3 Å². The van der Waals surface area contributed by atoms with Gasteiger partial charge in [-0.15, -0.1) is 0 Å². The second-order valence-electron chi connectivity index (χ2n) is 7.57. The summed E-state index contributed by atoms with van der Waals surface area (Å²) in [5, 5.41) is 5.77. The summed E-state index contributed by atoms with van der Waals surface area (Å²) in [7, 11) is 3.63. The molecule has 0 saturated heterocycles. The SMILES string of the molecule is Cc1ccc(NC(=O)N(C)Cc2nc3cc(C(=O)NC(C)C)ccc3n2C)cc1. The third-order valence-corrected chi connectivity index (χ3v) is 4.68. The molecule has 0 saturated carbocycles. The molecule has 7 heteroatoms. The zero-order valence-electron chi connectivity index (χ0n) is 17.5. The van der Waals surface area contributed by atoms with E-state index < -0.39 is 0 Å². The molecule has 0 atom stereocenters. The number of anilines is 1. The normalized spacial score (nSPS) is 11.0. The highest BCUT2D eigenvalue weighted by Gasteiger charge is 2.16. The van der Waals surface area contributed by atoms with E-state index in [0.717, 1.165) is 28.1 Å². The molecule has 0 aliphatic carbocycles. The Labute approximate surface area is 170 Å². The molecule has 0 bridgehead atoms. The maximum atomic E-state index is 12.5. The summed E-state index contributed by atoms with van der Waals surface area (Å²) in [6.45, 7) is 6.19. The van der Waals surface area contributed by atoms with Crippen LogP contribution >= 0.6 is 0 Å². The van der Waals surface area contributed by atoms with Crippen LogP contribution < -0.4 is 10.6 Å². The lowest BCUT2D eigenvalue weighted by atomic mass is 10.2. The molecule has 3 rings (SSSR count). The van der Waals surface area contributed by atoms with Crippen molar-refractivity contribution in [3.05, 3.63) is 59.4 Å². The molecular weight excluding hydrogens is 366 g/mol. The Morgan fingerprint density at radius 3 is 2.48 bits per heavy atom. The smallest absolute Gasteiger partial charge is 0.321 e. The van der Waals surface area contributed by atoms with Crippen LogP contribution in [0.25, 0.3) is 11.0 Å². The number of amides is 3.